The Balaban J connectivity index is 3.07. The molecule has 0 heterocycles. The summed E-state index contributed by atoms with van der Waals surface area (Å²) in [6.07, 6.45) is -3.55. The van der Waals surface area contributed by atoms with Crippen molar-refractivity contribution in [3.05, 3.63) is 39.9 Å². The van der Waals surface area contributed by atoms with E-state index in [1.54, 1.807) is 6.92 Å². The van der Waals surface area contributed by atoms with Gasteiger partial charge in [-0.05, 0) is 12.5 Å². The molecule has 0 bridgehead atoms. The average Bonchev–Trinajstić information content (AvgIpc) is 2.41. The fourth-order valence-corrected chi connectivity index (χ4v) is 1.80. The first kappa shape index (κ1) is 16.9. The maximum Gasteiger partial charge on any atom is 0.406 e. The first-order valence-electron chi connectivity index (χ1n) is 6.35. The fraction of sp³-hybridized carbons (Fsp3) is 0.462. The highest BCUT2D eigenvalue weighted by Gasteiger charge is 2.34. The van der Waals surface area contributed by atoms with Gasteiger partial charge in [-0.15, -0.1) is 0 Å². The molecule has 0 spiro atoms. The summed E-state index contributed by atoms with van der Waals surface area (Å²) in [5, 5.41) is 10.9. The number of hydrogen-bond acceptors (Lipinski definition) is 3. The molecular formula is C13H15F3N2O3. The van der Waals surface area contributed by atoms with Gasteiger partial charge in [0.15, 0.2) is 0 Å². The summed E-state index contributed by atoms with van der Waals surface area (Å²) in [5.74, 6) is -0.979. The Hall–Kier alpha value is -2.12. The number of nitrogens with zero attached hydrogens (tertiary/aromatic N) is 2. The lowest BCUT2D eigenvalue weighted by Gasteiger charge is -2.23. The zero-order valence-electron chi connectivity index (χ0n) is 11.4. The molecule has 5 nitrogen and oxygen atoms in total. The van der Waals surface area contributed by atoms with Gasteiger partial charge in [-0.2, -0.15) is 13.2 Å². The SMILES string of the molecule is CCCCN(CC(F)(F)F)C(=O)c1ccccc1[N+](=O)[O-]. The maximum absolute atomic E-state index is 12.5. The largest absolute Gasteiger partial charge is 0.406 e. The van der Waals surface area contributed by atoms with Crippen LogP contribution in [0.4, 0.5) is 18.9 Å². The van der Waals surface area contributed by atoms with Gasteiger partial charge in [-0.3, -0.25) is 14.9 Å². The van der Waals surface area contributed by atoms with E-state index in [9.17, 15) is 28.1 Å². The van der Waals surface area contributed by atoms with Crippen LogP contribution in [0, 0.1) is 10.1 Å². The average molecular weight is 304 g/mol. The number of carbonyl (C=O) groups is 1. The molecule has 0 aliphatic carbocycles. The van der Waals surface area contributed by atoms with Crippen molar-refractivity contribution in [1.82, 2.24) is 4.90 Å². The zero-order valence-corrected chi connectivity index (χ0v) is 11.4. The second kappa shape index (κ2) is 7.05. The van der Waals surface area contributed by atoms with Crippen molar-refractivity contribution in [2.45, 2.75) is 25.9 Å². The molecule has 21 heavy (non-hydrogen) atoms. The molecule has 0 aromatic heterocycles. The number of rotatable bonds is 6. The van der Waals surface area contributed by atoms with Crippen LogP contribution >= 0.6 is 0 Å². The van der Waals surface area contributed by atoms with Crippen LogP contribution in [0.15, 0.2) is 24.3 Å². The topological polar surface area (TPSA) is 63.5 Å². The van der Waals surface area contributed by atoms with Crippen LogP contribution < -0.4 is 0 Å². The molecule has 0 radical (unpaired) electrons. The van der Waals surface area contributed by atoms with Crippen molar-refractivity contribution in [3.63, 3.8) is 0 Å². The summed E-state index contributed by atoms with van der Waals surface area (Å²) in [6.45, 7) is 0.264. The van der Waals surface area contributed by atoms with E-state index in [0.717, 1.165) is 12.1 Å². The number of halogens is 3. The van der Waals surface area contributed by atoms with Crippen molar-refractivity contribution in [2.75, 3.05) is 13.1 Å². The molecule has 0 unspecified atom stereocenters. The van der Waals surface area contributed by atoms with E-state index < -0.39 is 29.2 Å². The lowest BCUT2D eigenvalue weighted by atomic mass is 10.1. The number of benzene rings is 1. The summed E-state index contributed by atoms with van der Waals surface area (Å²) < 4.78 is 37.6. The highest BCUT2D eigenvalue weighted by atomic mass is 19.4. The third-order valence-electron chi connectivity index (χ3n) is 2.77. The van der Waals surface area contributed by atoms with E-state index >= 15 is 0 Å². The van der Waals surface area contributed by atoms with Gasteiger partial charge in [0, 0.05) is 12.6 Å². The van der Waals surface area contributed by atoms with Gasteiger partial charge < -0.3 is 4.90 Å². The van der Waals surface area contributed by atoms with E-state index in [1.807, 2.05) is 0 Å². The highest BCUT2D eigenvalue weighted by molar-refractivity contribution is 5.98. The molecule has 0 aliphatic rings. The van der Waals surface area contributed by atoms with Crippen LogP contribution in [-0.2, 0) is 0 Å². The first-order chi connectivity index (χ1) is 9.76. The van der Waals surface area contributed by atoms with Crippen LogP contribution in [0.5, 0.6) is 0 Å². The van der Waals surface area contributed by atoms with Gasteiger partial charge in [-0.25, -0.2) is 0 Å². The Morgan fingerprint density at radius 2 is 1.95 bits per heavy atom. The Morgan fingerprint density at radius 3 is 2.48 bits per heavy atom. The summed E-state index contributed by atoms with van der Waals surface area (Å²) in [4.78, 5) is 22.9. The smallest absolute Gasteiger partial charge is 0.329 e. The molecule has 0 atom stereocenters. The van der Waals surface area contributed by atoms with Crippen LogP contribution in [-0.4, -0.2) is 35.0 Å². The Morgan fingerprint density at radius 1 is 1.33 bits per heavy atom. The number of unbranched alkanes of at least 4 members (excludes halogenated alkanes) is 1. The van der Waals surface area contributed by atoms with Gasteiger partial charge in [-0.1, -0.05) is 25.5 Å². The number of para-hydroxylation sites is 1. The Kier molecular flexibility index (Phi) is 5.69. The molecule has 1 amide bonds. The van der Waals surface area contributed by atoms with Gasteiger partial charge in [0.1, 0.15) is 12.1 Å². The van der Waals surface area contributed by atoms with Gasteiger partial charge in [0.05, 0.1) is 4.92 Å². The van der Waals surface area contributed by atoms with E-state index in [-0.39, 0.29) is 12.1 Å². The van der Waals surface area contributed by atoms with Crippen LogP contribution in [0.2, 0.25) is 0 Å². The fourth-order valence-electron chi connectivity index (χ4n) is 1.80. The third-order valence-corrected chi connectivity index (χ3v) is 2.77. The maximum atomic E-state index is 12.5. The Labute approximate surface area is 119 Å². The van der Waals surface area contributed by atoms with E-state index in [1.165, 1.54) is 12.1 Å². The molecular weight excluding hydrogens is 289 g/mol. The molecule has 8 heteroatoms. The Bertz CT molecular complexity index is 518. The quantitative estimate of drug-likeness (QED) is 0.597. The van der Waals surface area contributed by atoms with Crippen molar-refractivity contribution in [1.29, 1.82) is 0 Å². The summed E-state index contributed by atoms with van der Waals surface area (Å²) in [7, 11) is 0. The molecule has 0 N–H and O–H groups in total. The lowest BCUT2D eigenvalue weighted by molar-refractivity contribution is -0.385. The van der Waals surface area contributed by atoms with Gasteiger partial charge in [0.2, 0.25) is 0 Å². The normalized spacial score (nSPS) is 11.2. The van der Waals surface area contributed by atoms with E-state index in [0.29, 0.717) is 17.7 Å². The molecule has 116 valence electrons. The summed E-state index contributed by atoms with van der Waals surface area (Å²) in [6, 6.07) is 5.00. The number of hydrogen-bond donors (Lipinski definition) is 0. The number of nitro groups is 1. The van der Waals surface area contributed by atoms with Crippen molar-refractivity contribution in [3.8, 4) is 0 Å². The monoisotopic (exact) mass is 304 g/mol. The second-order valence-corrected chi connectivity index (χ2v) is 4.47. The van der Waals surface area contributed by atoms with Crippen molar-refractivity contribution >= 4 is 11.6 Å². The second-order valence-electron chi connectivity index (χ2n) is 4.47. The van der Waals surface area contributed by atoms with Crippen LogP contribution in [0.1, 0.15) is 30.1 Å². The predicted octanol–water partition coefficient (Wildman–Crippen LogP) is 3.40. The lowest BCUT2D eigenvalue weighted by Crippen LogP contribution is -2.39. The standard InChI is InChI=1S/C13H15F3N2O3/c1-2-3-8-17(9-13(14,15)16)12(19)10-6-4-5-7-11(10)18(20)21/h4-7H,2-3,8-9H2,1H3. The number of nitro benzene ring substituents is 1. The number of carbonyl (C=O) groups excluding carboxylic acids is 1. The molecule has 1 aromatic carbocycles. The van der Waals surface area contributed by atoms with Gasteiger partial charge >= 0.3 is 6.18 Å². The van der Waals surface area contributed by atoms with Crippen molar-refractivity contribution in [2.24, 2.45) is 0 Å². The summed E-state index contributed by atoms with van der Waals surface area (Å²) >= 11 is 0. The van der Waals surface area contributed by atoms with Crippen molar-refractivity contribution < 1.29 is 22.9 Å². The number of amides is 1. The molecule has 0 fully saturated rings. The van der Waals surface area contributed by atoms with Gasteiger partial charge in [0.25, 0.3) is 11.6 Å². The molecule has 1 aromatic rings. The summed E-state index contributed by atoms with van der Waals surface area (Å²) in [5.41, 5.74) is -0.825. The molecule has 0 saturated carbocycles. The predicted molar refractivity (Wildman–Crippen MR) is 70.0 cm³/mol. The van der Waals surface area contributed by atoms with Crippen LogP contribution in [0.25, 0.3) is 0 Å². The minimum absolute atomic E-state index is 0.0963. The highest BCUT2D eigenvalue weighted by Crippen LogP contribution is 2.23. The van der Waals surface area contributed by atoms with E-state index in [2.05, 4.69) is 0 Å². The zero-order chi connectivity index (χ0) is 16.0. The minimum atomic E-state index is -4.55. The molecule has 1 rings (SSSR count). The first-order valence-corrected chi connectivity index (χ1v) is 6.35. The third kappa shape index (κ3) is 5.05. The molecule has 0 saturated heterocycles. The number of alkyl halides is 3. The van der Waals surface area contributed by atoms with E-state index in [4.69, 9.17) is 0 Å². The molecule has 0 aliphatic heterocycles. The minimum Gasteiger partial charge on any atom is -0.329 e. The van der Waals surface area contributed by atoms with Crippen LogP contribution in [0.3, 0.4) is 0 Å².